The number of esters is 1. The monoisotopic (exact) mass is 418 g/mol. The lowest BCUT2D eigenvalue weighted by Gasteiger charge is -2.24. The molecule has 2 aromatic rings. The molecule has 1 amide bonds. The number of amides is 1. The van der Waals surface area contributed by atoms with E-state index < -0.39 is 5.97 Å². The van der Waals surface area contributed by atoms with Gasteiger partial charge in [-0.25, -0.2) is 4.79 Å². The predicted octanol–water partition coefficient (Wildman–Crippen LogP) is 2.99. The number of hydrogen-bond donors (Lipinski definition) is 0. The summed E-state index contributed by atoms with van der Waals surface area (Å²) in [6.45, 7) is 4.51. The Labute approximate surface area is 174 Å². The quantitative estimate of drug-likeness (QED) is 0.510. The van der Waals surface area contributed by atoms with Crippen LogP contribution in [-0.2, 0) is 16.5 Å². The first-order chi connectivity index (χ1) is 13.8. The minimum atomic E-state index is -0.488. The van der Waals surface area contributed by atoms with Crippen LogP contribution in [0.15, 0.2) is 17.5 Å². The van der Waals surface area contributed by atoms with Gasteiger partial charge in [-0.2, -0.15) is 0 Å². The highest BCUT2D eigenvalue weighted by Gasteiger charge is 2.30. The number of rotatable bonds is 7. The zero-order chi connectivity index (χ0) is 21.1. The van der Waals surface area contributed by atoms with Gasteiger partial charge in [-0.15, -0.1) is 11.3 Å². The molecule has 0 saturated carbocycles. The van der Waals surface area contributed by atoms with Gasteiger partial charge in [0.05, 0.1) is 24.6 Å². The second-order valence-corrected chi connectivity index (χ2v) is 8.15. The van der Waals surface area contributed by atoms with Gasteiger partial charge in [0.1, 0.15) is 5.69 Å². The Morgan fingerprint density at radius 2 is 2.10 bits per heavy atom. The van der Waals surface area contributed by atoms with Gasteiger partial charge in [-0.3, -0.25) is 9.59 Å². The fraction of sp³-hybridized carbons (Fsp3) is 0.476. The Bertz CT molecular complexity index is 910. The van der Waals surface area contributed by atoms with Gasteiger partial charge in [-0.1, -0.05) is 6.07 Å². The van der Waals surface area contributed by atoms with E-state index in [2.05, 4.69) is 0 Å². The maximum atomic E-state index is 13.2. The smallest absolute Gasteiger partial charge is 0.354 e. The van der Waals surface area contributed by atoms with E-state index >= 15 is 0 Å². The highest BCUT2D eigenvalue weighted by molar-refractivity contribution is 7.12. The van der Waals surface area contributed by atoms with E-state index in [9.17, 15) is 14.4 Å². The fourth-order valence-corrected chi connectivity index (χ4v) is 4.53. The SMILES string of the molecule is COC(=O)c1c(C)c(C(=O)CN(C[C@@H]2CCCO2)C(=O)c2cccs2)c(C)n1C. The van der Waals surface area contributed by atoms with Crippen LogP contribution >= 0.6 is 11.3 Å². The molecular weight excluding hydrogens is 392 g/mol. The van der Waals surface area contributed by atoms with E-state index in [1.807, 2.05) is 11.4 Å². The normalized spacial score (nSPS) is 16.1. The van der Waals surface area contributed by atoms with Crippen LogP contribution in [0.5, 0.6) is 0 Å². The summed E-state index contributed by atoms with van der Waals surface area (Å²) in [5, 5.41) is 1.84. The van der Waals surface area contributed by atoms with Crippen LogP contribution in [0.4, 0.5) is 0 Å². The number of carbonyl (C=O) groups is 3. The number of hydrogen-bond acceptors (Lipinski definition) is 6. The van der Waals surface area contributed by atoms with Crippen molar-refractivity contribution in [1.29, 1.82) is 0 Å². The van der Waals surface area contributed by atoms with Crippen molar-refractivity contribution in [3.05, 3.63) is 44.9 Å². The first-order valence-electron chi connectivity index (χ1n) is 9.56. The molecule has 156 valence electrons. The van der Waals surface area contributed by atoms with Gasteiger partial charge < -0.3 is 18.9 Å². The van der Waals surface area contributed by atoms with Gasteiger partial charge in [0, 0.05) is 31.5 Å². The Morgan fingerprint density at radius 1 is 1.34 bits per heavy atom. The highest BCUT2D eigenvalue weighted by Crippen LogP contribution is 2.24. The first kappa shape index (κ1) is 21.3. The van der Waals surface area contributed by atoms with Crippen molar-refractivity contribution in [1.82, 2.24) is 9.47 Å². The summed E-state index contributed by atoms with van der Waals surface area (Å²) in [6, 6.07) is 3.58. The van der Waals surface area contributed by atoms with E-state index in [0.29, 0.717) is 40.5 Å². The minimum Gasteiger partial charge on any atom is -0.464 e. The zero-order valence-corrected chi connectivity index (χ0v) is 18.0. The third-order valence-corrected chi connectivity index (χ3v) is 6.25. The molecule has 0 radical (unpaired) electrons. The molecule has 1 aliphatic heterocycles. The zero-order valence-electron chi connectivity index (χ0n) is 17.2. The first-order valence-corrected chi connectivity index (χ1v) is 10.4. The van der Waals surface area contributed by atoms with Crippen LogP contribution in [0.25, 0.3) is 0 Å². The number of aromatic nitrogens is 1. The summed E-state index contributed by atoms with van der Waals surface area (Å²) < 4.78 is 12.2. The molecule has 7 nitrogen and oxygen atoms in total. The number of ether oxygens (including phenoxy) is 2. The van der Waals surface area contributed by atoms with Crippen LogP contribution in [0.3, 0.4) is 0 Å². The van der Waals surface area contributed by atoms with Gasteiger partial charge in [0.25, 0.3) is 5.91 Å². The topological polar surface area (TPSA) is 77.8 Å². The molecule has 3 heterocycles. The molecule has 1 fully saturated rings. The summed E-state index contributed by atoms with van der Waals surface area (Å²) >= 11 is 1.35. The van der Waals surface area contributed by atoms with Crippen LogP contribution in [0, 0.1) is 13.8 Å². The molecule has 0 N–H and O–H groups in total. The van der Waals surface area contributed by atoms with E-state index in [-0.39, 0.29) is 24.3 Å². The molecule has 0 bridgehead atoms. The number of thiophene rings is 1. The average Bonchev–Trinajstić information content (AvgIpc) is 3.43. The molecule has 1 aliphatic rings. The molecule has 0 unspecified atom stereocenters. The number of Topliss-reactive ketones (excluding diaryl/α,β-unsaturated/α-hetero) is 1. The summed E-state index contributed by atoms with van der Waals surface area (Å²) in [5.74, 6) is -0.866. The molecule has 0 aliphatic carbocycles. The molecule has 1 atom stereocenters. The van der Waals surface area contributed by atoms with Crippen LogP contribution in [-0.4, -0.2) is 60.0 Å². The molecule has 3 rings (SSSR count). The van der Waals surface area contributed by atoms with E-state index in [4.69, 9.17) is 9.47 Å². The molecule has 2 aromatic heterocycles. The fourth-order valence-electron chi connectivity index (χ4n) is 3.84. The van der Waals surface area contributed by atoms with Gasteiger partial charge in [0.2, 0.25) is 0 Å². The summed E-state index contributed by atoms with van der Waals surface area (Å²) in [6.07, 6.45) is 1.77. The van der Waals surface area contributed by atoms with Crippen molar-refractivity contribution in [2.75, 3.05) is 26.8 Å². The number of ketones is 1. The Balaban J connectivity index is 1.88. The lowest BCUT2D eigenvalue weighted by Crippen LogP contribution is -2.40. The summed E-state index contributed by atoms with van der Waals surface area (Å²) in [5.41, 5.74) is 2.06. The molecule has 29 heavy (non-hydrogen) atoms. The largest absolute Gasteiger partial charge is 0.464 e. The number of carbonyl (C=O) groups excluding carboxylic acids is 3. The van der Waals surface area contributed by atoms with Gasteiger partial charge in [0.15, 0.2) is 5.78 Å². The van der Waals surface area contributed by atoms with Crippen molar-refractivity contribution in [3.8, 4) is 0 Å². The molecular formula is C21H26N2O5S. The van der Waals surface area contributed by atoms with E-state index in [1.165, 1.54) is 18.4 Å². The summed E-state index contributed by atoms with van der Waals surface area (Å²) in [7, 11) is 3.04. The Morgan fingerprint density at radius 3 is 2.69 bits per heavy atom. The Hall–Kier alpha value is -2.45. The lowest BCUT2D eigenvalue weighted by atomic mass is 10.0. The summed E-state index contributed by atoms with van der Waals surface area (Å²) in [4.78, 5) is 40.5. The van der Waals surface area contributed by atoms with Crippen LogP contribution < -0.4 is 0 Å². The van der Waals surface area contributed by atoms with E-state index in [1.54, 1.807) is 36.4 Å². The van der Waals surface area contributed by atoms with Crippen LogP contribution in [0.2, 0.25) is 0 Å². The third kappa shape index (κ3) is 4.28. The van der Waals surface area contributed by atoms with Crippen LogP contribution in [0.1, 0.15) is 54.6 Å². The average molecular weight is 419 g/mol. The van der Waals surface area contributed by atoms with Crippen molar-refractivity contribution >= 4 is 29.0 Å². The molecule has 1 saturated heterocycles. The Kier molecular flexibility index (Phi) is 6.54. The van der Waals surface area contributed by atoms with Gasteiger partial charge in [-0.05, 0) is 43.7 Å². The number of nitrogens with zero attached hydrogens (tertiary/aromatic N) is 2. The predicted molar refractivity (Wildman–Crippen MR) is 110 cm³/mol. The lowest BCUT2D eigenvalue weighted by molar-refractivity contribution is 0.0509. The maximum Gasteiger partial charge on any atom is 0.354 e. The van der Waals surface area contributed by atoms with Gasteiger partial charge >= 0.3 is 5.97 Å². The number of methoxy groups -OCH3 is 1. The third-order valence-electron chi connectivity index (χ3n) is 5.39. The second kappa shape index (κ2) is 8.92. The van der Waals surface area contributed by atoms with Crippen molar-refractivity contribution in [2.45, 2.75) is 32.8 Å². The van der Waals surface area contributed by atoms with E-state index in [0.717, 1.165) is 12.8 Å². The van der Waals surface area contributed by atoms with Crippen molar-refractivity contribution in [2.24, 2.45) is 7.05 Å². The maximum absolute atomic E-state index is 13.2. The molecule has 0 aromatic carbocycles. The second-order valence-electron chi connectivity index (χ2n) is 7.21. The minimum absolute atomic E-state index is 0.0599. The molecule has 0 spiro atoms. The van der Waals surface area contributed by atoms with Crippen molar-refractivity contribution in [3.63, 3.8) is 0 Å². The highest BCUT2D eigenvalue weighted by atomic mass is 32.1. The molecule has 8 heteroatoms. The van der Waals surface area contributed by atoms with Crippen molar-refractivity contribution < 1.29 is 23.9 Å². The standard InChI is InChI=1S/C21H26N2O5S/c1-13-18(14(2)22(3)19(13)21(26)27-4)16(24)12-23(11-15-7-5-9-28-15)20(25)17-8-6-10-29-17/h6,8,10,15H,5,7,9,11-12H2,1-4H3/t15-/m0/s1.